The second-order valence-electron chi connectivity index (χ2n) is 11.0. The van der Waals surface area contributed by atoms with E-state index in [0.29, 0.717) is 40.7 Å². The normalized spacial score (nSPS) is 26.7. The number of rotatable bonds is 5. The third kappa shape index (κ3) is 4.18. The molecule has 0 saturated heterocycles. The first-order chi connectivity index (χ1) is 15.9. The molecule has 1 aromatic carbocycles. The summed E-state index contributed by atoms with van der Waals surface area (Å²) in [5.74, 6) is 1.87. The van der Waals surface area contributed by atoms with Crippen LogP contribution in [0, 0.1) is 30.6 Å². The molecule has 10 heteroatoms. The molecule has 3 saturated carbocycles. The number of aromatic nitrogens is 3. The summed E-state index contributed by atoms with van der Waals surface area (Å²) in [6.07, 6.45) is 0.493. The molecule has 189 valence electrons. The summed E-state index contributed by atoms with van der Waals surface area (Å²) in [4.78, 5) is 4.83. The van der Waals surface area contributed by atoms with E-state index in [2.05, 4.69) is 27.3 Å². The van der Waals surface area contributed by atoms with Crippen LogP contribution in [0.25, 0.3) is 22.5 Å². The molecule has 1 unspecified atom stereocenters. The molecule has 6 rings (SSSR count). The maximum atomic E-state index is 12.8. The van der Waals surface area contributed by atoms with Gasteiger partial charge in [0.05, 0.1) is 5.52 Å². The fraction of sp³-hybridized carbons (Fsp3) is 0.520. The fourth-order valence-electron chi connectivity index (χ4n) is 5.69. The van der Waals surface area contributed by atoms with E-state index in [0.717, 1.165) is 34.4 Å². The summed E-state index contributed by atoms with van der Waals surface area (Å²) in [5, 5.41) is 15.1. The molecule has 0 aliphatic heterocycles. The smallest absolute Gasteiger partial charge is 0.402 e. The number of pyridine rings is 1. The van der Waals surface area contributed by atoms with E-state index in [9.17, 15) is 13.2 Å². The van der Waals surface area contributed by atoms with Crippen molar-refractivity contribution in [3.8, 4) is 11.6 Å². The standard InChI is InChI=1S/C25H27F3N5O.Co/c1-12-7-18(21-32-33-22(34-21)31-17-5-6-24-10-16(24)19(17)24)30-20-14(12)8-13(29-11-25(26,27)28)9-15(20)23(2,3)4;/h6-9,16-17,19,29H,5,10-11H2,1-4H3,(H,31,33);/q-1;/t16-,17+,19?,24-;/m0./s1. The molecule has 1 radical (unpaired) electrons. The van der Waals surface area contributed by atoms with Crippen molar-refractivity contribution in [3.63, 3.8) is 0 Å². The zero-order valence-electron chi connectivity index (χ0n) is 19.9. The molecular weight excluding hydrogens is 502 g/mol. The van der Waals surface area contributed by atoms with Crippen LogP contribution < -0.4 is 10.6 Å². The molecule has 3 aliphatic rings. The number of anilines is 2. The monoisotopic (exact) mass is 529 g/mol. The van der Waals surface area contributed by atoms with Gasteiger partial charge in [0, 0.05) is 33.9 Å². The molecule has 3 aromatic rings. The average molecular weight is 529 g/mol. The van der Waals surface area contributed by atoms with Crippen molar-refractivity contribution in [2.75, 3.05) is 17.2 Å². The van der Waals surface area contributed by atoms with Gasteiger partial charge in [0.1, 0.15) is 12.2 Å². The maximum Gasteiger partial charge on any atom is 0.405 e. The van der Waals surface area contributed by atoms with Crippen molar-refractivity contribution >= 4 is 22.6 Å². The second kappa shape index (κ2) is 7.83. The minimum absolute atomic E-state index is 0. The van der Waals surface area contributed by atoms with Crippen LogP contribution >= 0.6 is 0 Å². The first-order valence-corrected chi connectivity index (χ1v) is 11.7. The van der Waals surface area contributed by atoms with E-state index < -0.39 is 12.7 Å². The van der Waals surface area contributed by atoms with Gasteiger partial charge in [-0.2, -0.15) is 19.6 Å². The number of alkyl halides is 3. The molecule has 4 atom stereocenters. The third-order valence-corrected chi connectivity index (χ3v) is 7.61. The van der Waals surface area contributed by atoms with Gasteiger partial charge in [-0.25, -0.2) is 4.98 Å². The Morgan fingerprint density at radius 1 is 1.17 bits per heavy atom. The predicted octanol–water partition coefficient (Wildman–Crippen LogP) is 5.89. The van der Waals surface area contributed by atoms with Crippen LogP contribution in [0.2, 0.25) is 0 Å². The minimum atomic E-state index is -4.30. The summed E-state index contributed by atoms with van der Waals surface area (Å²) >= 11 is 0. The van der Waals surface area contributed by atoms with Crippen molar-refractivity contribution in [2.45, 2.75) is 58.2 Å². The van der Waals surface area contributed by atoms with Gasteiger partial charge in [-0.1, -0.05) is 38.2 Å². The van der Waals surface area contributed by atoms with Gasteiger partial charge in [0.15, 0.2) is 0 Å². The Kier molecular flexibility index (Phi) is 5.45. The van der Waals surface area contributed by atoms with Gasteiger partial charge >= 0.3 is 12.2 Å². The summed E-state index contributed by atoms with van der Waals surface area (Å²) in [5.41, 5.74) is 3.58. The van der Waals surface area contributed by atoms with Gasteiger partial charge in [0.25, 0.3) is 5.89 Å². The number of hydrogen-bond acceptors (Lipinski definition) is 6. The van der Waals surface area contributed by atoms with Crippen LogP contribution in [0.3, 0.4) is 0 Å². The first-order valence-electron chi connectivity index (χ1n) is 11.7. The van der Waals surface area contributed by atoms with E-state index in [1.165, 1.54) is 6.42 Å². The van der Waals surface area contributed by atoms with Gasteiger partial charge in [-0.15, -0.1) is 10.5 Å². The summed E-state index contributed by atoms with van der Waals surface area (Å²) in [6.45, 7) is 6.87. The molecule has 2 N–H and O–H groups in total. The summed E-state index contributed by atoms with van der Waals surface area (Å²) < 4.78 is 44.3. The number of nitrogens with zero attached hydrogens (tertiary/aromatic N) is 3. The Balaban J connectivity index is 0.00000253. The van der Waals surface area contributed by atoms with Crippen LogP contribution in [0.1, 0.15) is 44.7 Å². The SMILES string of the molecule is Cc1cc(-c2nnc(N[C@@H]3C[CH-][C@]45C[C@H]4C35)o2)nc2c(C(C)(C)C)cc(NCC(F)(F)F)cc12.[Co]. The first kappa shape index (κ1) is 24.4. The molecule has 0 bridgehead atoms. The van der Waals surface area contributed by atoms with Crippen LogP contribution in [-0.2, 0) is 22.2 Å². The van der Waals surface area contributed by atoms with Gasteiger partial charge in [-0.05, 0) is 47.6 Å². The van der Waals surface area contributed by atoms with E-state index >= 15 is 0 Å². The number of nitrogens with one attached hydrogen (secondary N) is 2. The molecular formula is C25H27CoF3N5O-. The topological polar surface area (TPSA) is 75.9 Å². The molecule has 3 aliphatic carbocycles. The van der Waals surface area contributed by atoms with Gasteiger partial charge < -0.3 is 21.5 Å². The van der Waals surface area contributed by atoms with E-state index in [1.807, 2.05) is 33.8 Å². The van der Waals surface area contributed by atoms with Crippen LogP contribution in [-0.4, -0.2) is 33.9 Å². The van der Waals surface area contributed by atoms with E-state index in [4.69, 9.17) is 9.40 Å². The number of halogens is 3. The van der Waals surface area contributed by atoms with Crippen molar-refractivity contribution in [1.82, 2.24) is 15.2 Å². The molecule has 1 spiro atoms. The zero-order chi connectivity index (χ0) is 24.0. The molecule has 2 heterocycles. The zero-order valence-corrected chi connectivity index (χ0v) is 20.9. The van der Waals surface area contributed by atoms with Crippen molar-refractivity contribution < 1.29 is 34.4 Å². The second-order valence-corrected chi connectivity index (χ2v) is 11.0. The largest absolute Gasteiger partial charge is 0.405 e. The van der Waals surface area contributed by atoms with E-state index in [-0.39, 0.29) is 22.2 Å². The predicted molar refractivity (Wildman–Crippen MR) is 123 cm³/mol. The molecule has 3 fully saturated rings. The summed E-state index contributed by atoms with van der Waals surface area (Å²) in [7, 11) is 0. The Bertz CT molecular complexity index is 1300. The Morgan fingerprint density at radius 2 is 1.94 bits per heavy atom. The molecule has 35 heavy (non-hydrogen) atoms. The van der Waals surface area contributed by atoms with Crippen molar-refractivity contribution in [3.05, 3.63) is 35.7 Å². The molecule has 6 nitrogen and oxygen atoms in total. The number of hydrogen-bond donors (Lipinski definition) is 2. The number of benzene rings is 1. The average Bonchev–Trinajstić information content (AvgIpc) is 3.48. The fourth-order valence-corrected chi connectivity index (χ4v) is 5.69. The molecule has 2 aromatic heterocycles. The van der Waals surface area contributed by atoms with Gasteiger partial charge in [-0.3, -0.25) is 0 Å². The van der Waals surface area contributed by atoms with Crippen LogP contribution in [0.15, 0.2) is 22.6 Å². The van der Waals surface area contributed by atoms with Crippen LogP contribution in [0.5, 0.6) is 0 Å². The number of aryl methyl sites for hydroxylation is 1. The van der Waals surface area contributed by atoms with Crippen LogP contribution in [0.4, 0.5) is 24.9 Å². The van der Waals surface area contributed by atoms with Crippen molar-refractivity contribution in [2.24, 2.45) is 17.3 Å². The van der Waals surface area contributed by atoms with Gasteiger partial charge in [0.2, 0.25) is 0 Å². The van der Waals surface area contributed by atoms with E-state index in [1.54, 1.807) is 12.1 Å². The number of fused-ring (bicyclic) bond motifs is 2. The molecule has 0 amide bonds. The maximum absolute atomic E-state index is 12.8. The summed E-state index contributed by atoms with van der Waals surface area (Å²) in [6, 6.07) is 6.07. The Hall–Kier alpha value is -2.33. The quantitative estimate of drug-likeness (QED) is 0.402. The Labute approximate surface area is 212 Å². The minimum Gasteiger partial charge on any atom is -0.402 e. The third-order valence-electron chi connectivity index (χ3n) is 7.61. The van der Waals surface area contributed by atoms with Crippen molar-refractivity contribution in [1.29, 1.82) is 0 Å². The Morgan fingerprint density at radius 3 is 2.57 bits per heavy atom.